The van der Waals surface area contributed by atoms with Crippen LogP contribution in [0.1, 0.15) is 29.2 Å². The van der Waals surface area contributed by atoms with Gasteiger partial charge in [0.25, 0.3) is 5.69 Å². The second kappa shape index (κ2) is 17.2. The number of nitro benzene ring substituents is 1. The number of β-lactam (4-membered cyclic amide) rings is 1. The Hall–Kier alpha value is -6.11. The third kappa shape index (κ3) is 9.16. The van der Waals surface area contributed by atoms with Crippen LogP contribution in [0.4, 0.5) is 10.5 Å². The van der Waals surface area contributed by atoms with Crippen LogP contribution in [0.3, 0.4) is 0 Å². The number of rotatable bonds is 16. The molecule has 0 spiro atoms. The van der Waals surface area contributed by atoms with Crippen LogP contribution in [-0.4, -0.2) is 67.4 Å². The van der Waals surface area contributed by atoms with Crippen molar-refractivity contribution in [1.29, 1.82) is 0 Å². The summed E-state index contributed by atoms with van der Waals surface area (Å²) in [6.45, 7) is 1.26. The molecule has 0 aliphatic carbocycles. The molecule has 3 unspecified atom stereocenters. The molecule has 1 saturated heterocycles. The fourth-order valence-electron chi connectivity index (χ4n) is 6.07. The zero-order valence-corrected chi connectivity index (χ0v) is 29.3. The Morgan fingerprint density at radius 3 is 1.56 bits per heavy atom. The second-order valence-electron chi connectivity index (χ2n) is 12.2. The Morgan fingerprint density at radius 2 is 1.12 bits per heavy atom. The number of hydrogen-bond donors (Lipinski definition) is 0. The number of non-ortho nitro benzene ring substituents is 1. The molecule has 0 saturated carbocycles. The highest BCUT2D eigenvalue weighted by molar-refractivity contribution is 5.98. The van der Waals surface area contributed by atoms with Crippen LogP contribution < -0.4 is 14.2 Å². The predicted octanol–water partition coefficient (Wildman–Crippen LogP) is 6.09. The van der Waals surface area contributed by atoms with Gasteiger partial charge in [-0.05, 0) is 90.6 Å². The average molecular weight is 713 g/mol. The van der Waals surface area contributed by atoms with Crippen LogP contribution in [0, 0.1) is 16.0 Å². The molecule has 1 fully saturated rings. The van der Waals surface area contributed by atoms with E-state index >= 15 is 0 Å². The fourth-order valence-corrected chi connectivity index (χ4v) is 6.07. The number of benzene rings is 4. The number of methoxy groups -OCH3 is 3. The van der Waals surface area contributed by atoms with E-state index in [9.17, 15) is 24.5 Å². The predicted molar refractivity (Wildman–Crippen MR) is 188 cm³/mol. The first-order chi connectivity index (χ1) is 25.1. The molecule has 1 amide bonds. The lowest BCUT2D eigenvalue weighted by Gasteiger charge is -2.51. The molecule has 5 rings (SSSR count). The normalized spacial score (nSPS) is 15.6. The number of nitro groups is 1. The van der Waals surface area contributed by atoms with Crippen molar-refractivity contribution < 1.29 is 47.7 Å². The van der Waals surface area contributed by atoms with E-state index in [1.54, 1.807) is 45.6 Å². The van der Waals surface area contributed by atoms with Gasteiger partial charge in [0.05, 0.1) is 26.3 Å². The molecule has 272 valence electrons. The lowest BCUT2D eigenvalue weighted by Crippen LogP contribution is -2.71. The molecule has 52 heavy (non-hydrogen) atoms. The largest absolute Gasteiger partial charge is 0.508 e. The SMILES string of the molecule is COc1ccc(COC(=O)C2C(C(C)OC(=O)OCc3ccc([N+](=O)[O-])cc3)C(=O)N2C(Cc2ccc(OC)cc2)Cc2ccc(OC)cc2)cc1. The second-order valence-corrected chi connectivity index (χ2v) is 12.2. The van der Waals surface area contributed by atoms with Gasteiger partial charge in [0.15, 0.2) is 0 Å². The van der Waals surface area contributed by atoms with Crippen molar-refractivity contribution in [2.75, 3.05) is 21.3 Å². The molecule has 1 heterocycles. The third-order valence-corrected chi connectivity index (χ3v) is 8.91. The van der Waals surface area contributed by atoms with Gasteiger partial charge in [-0.3, -0.25) is 14.9 Å². The van der Waals surface area contributed by atoms with Crippen LogP contribution in [0.5, 0.6) is 17.2 Å². The minimum atomic E-state index is -1.08. The zero-order chi connectivity index (χ0) is 37.2. The van der Waals surface area contributed by atoms with Crippen LogP contribution in [-0.2, 0) is 49.9 Å². The zero-order valence-electron chi connectivity index (χ0n) is 29.3. The van der Waals surface area contributed by atoms with Crippen molar-refractivity contribution in [2.24, 2.45) is 5.92 Å². The summed E-state index contributed by atoms with van der Waals surface area (Å²) in [6.07, 6.45) is -1.31. The number of carbonyl (C=O) groups excluding carboxylic acids is 3. The van der Waals surface area contributed by atoms with E-state index in [1.165, 1.54) is 36.1 Å². The summed E-state index contributed by atoms with van der Waals surface area (Å²) in [5.74, 6) is -0.0654. The Kier molecular flexibility index (Phi) is 12.3. The van der Waals surface area contributed by atoms with Gasteiger partial charge < -0.3 is 33.3 Å². The molecule has 13 nitrogen and oxygen atoms in total. The Morgan fingerprint density at radius 1 is 0.692 bits per heavy atom. The molecule has 1 aliphatic rings. The molecule has 4 aromatic rings. The van der Waals surface area contributed by atoms with E-state index in [2.05, 4.69) is 0 Å². The van der Waals surface area contributed by atoms with E-state index in [-0.39, 0.29) is 24.8 Å². The minimum absolute atomic E-state index is 0.0534. The van der Waals surface area contributed by atoms with E-state index in [1.807, 2.05) is 48.5 Å². The molecule has 0 radical (unpaired) electrons. The molecule has 1 aliphatic heterocycles. The summed E-state index contributed by atoms with van der Waals surface area (Å²) >= 11 is 0. The fraction of sp³-hybridized carbons (Fsp3) is 0.308. The van der Waals surface area contributed by atoms with Crippen LogP contribution in [0.15, 0.2) is 97.1 Å². The number of nitrogens with zero attached hydrogens (tertiary/aromatic N) is 2. The summed E-state index contributed by atoms with van der Waals surface area (Å²) in [7, 11) is 4.72. The number of ether oxygens (including phenoxy) is 6. The Balaban J connectivity index is 1.37. The van der Waals surface area contributed by atoms with Gasteiger partial charge in [0.1, 0.15) is 48.5 Å². The standard InChI is InChI=1S/C39H40N2O11/c1-25(52-39(44)51-24-28-5-13-30(14-6-28)41(45)46)35-36(38(43)50-23-29-11-19-34(49-4)20-12-29)40(37(35)42)31(21-26-7-15-32(47-2)16-8-26)22-27-9-17-33(48-3)18-10-27/h5-20,25,31,35-36H,21-24H2,1-4H3. The van der Waals surface area contributed by atoms with Gasteiger partial charge in [-0.15, -0.1) is 0 Å². The van der Waals surface area contributed by atoms with Crippen molar-refractivity contribution in [1.82, 2.24) is 4.90 Å². The average Bonchev–Trinajstić information content (AvgIpc) is 3.16. The Labute approximate surface area is 301 Å². The smallest absolute Gasteiger partial charge is 0.497 e. The molecule has 0 N–H and O–H groups in total. The lowest BCUT2D eigenvalue weighted by molar-refractivity contribution is -0.384. The van der Waals surface area contributed by atoms with Crippen LogP contribution in [0.25, 0.3) is 0 Å². The molecule has 13 heteroatoms. The van der Waals surface area contributed by atoms with Gasteiger partial charge in [-0.25, -0.2) is 9.59 Å². The first-order valence-electron chi connectivity index (χ1n) is 16.5. The monoisotopic (exact) mass is 712 g/mol. The molecular weight excluding hydrogens is 672 g/mol. The number of carbonyl (C=O) groups is 3. The maximum absolute atomic E-state index is 14.1. The number of esters is 1. The van der Waals surface area contributed by atoms with Crippen molar-refractivity contribution in [2.45, 2.75) is 51.2 Å². The first kappa shape index (κ1) is 37.2. The lowest BCUT2D eigenvalue weighted by atomic mass is 9.79. The molecule has 3 atom stereocenters. The third-order valence-electron chi connectivity index (χ3n) is 8.91. The van der Waals surface area contributed by atoms with Crippen LogP contribution >= 0.6 is 0 Å². The molecule has 0 bridgehead atoms. The molecule has 4 aromatic carbocycles. The number of amides is 1. The highest BCUT2D eigenvalue weighted by atomic mass is 16.7. The van der Waals surface area contributed by atoms with Crippen molar-refractivity contribution >= 4 is 23.7 Å². The summed E-state index contributed by atoms with van der Waals surface area (Å²) < 4.78 is 32.4. The molecule has 0 aromatic heterocycles. The van der Waals surface area contributed by atoms with E-state index in [0.717, 1.165) is 16.7 Å². The quantitative estimate of drug-likeness (QED) is 0.0574. The first-order valence-corrected chi connectivity index (χ1v) is 16.5. The highest BCUT2D eigenvalue weighted by Gasteiger charge is 2.58. The van der Waals surface area contributed by atoms with Gasteiger partial charge >= 0.3 is 12.1 Å². The highest BCUT2D eigenvalue weighted by Crippen LogP contribution is 2.37. The Bertz CT molecular complexity index is 1780. The topological polar surface area (TPSA) is 153 Å². The van der Waals surface area contributed by atoms with Crippen molar-refractivity contribution in [3.63, 3.8) is 0 Å². The number of likely N-dealkylation sites (tertiary alicyclic amines) is 1. The summed E-state index contributed by atoms with van der Waals surface area (Å²) in [5.41, 5.74) is 2.95. The minimum Gasteiger partial charge on any atom is -0.497 e. The van der Waals surface area contributed by atoms with Gasteiger partial charge in [-0.2, -0.15) is 0 Å². The maximum atomic E-state index is 14.1. The van der Waals surface area contributed by atoms with Crippen molar-refractivity contribution in [3.05, 3.63) is 129 Å². The van der Waals surface area contributed by atoms with Gasteiger partial charge in [0.2, 0.25) is 5.91 Å². The van der Waals surface area contributed by atoms with E-state index in [4.69, 9.17) is 28.4 Å². The summed E-state index contributed by atoms with van der Waals surface area (Å²) in [4.78, 5) is 52.8. The van der Waals surface area contributed by atoms with Gasteiger partial charge in [0, 0.05) is 18.2 Å². The molecular formula is C39H40N2O11. The van der Waals surface area contributed by atoms with E-state index < -0.39 is 41.2 Å². The van der Waals surface area contributed by atoms with Crippen LogP contribution in [0.2, 0.25) is 0 Å². The maximum Gasteiger partial charge on any atom is 0.508 e. The van der Waals surface area contributed by atoms with Gasteiger partial charge in [-0.1, -0.05) is 36.4 Å². The van der Waals surface area contributed by atoms with E-state index in [0.29, 0.717) is 35.7 Å². The van der Waals surface area contributed by atoms with Crippen molar-refractivity contribution in [3.8, 4) is 17.2 Å². The summed E-state index contributed by atoms with van der Waals surface area (Å²) in [6, 6.07) is 26.0. The summed E-state index contributed by atoms with van der Waals surface area (Å²) in [5, 5.41) is 11.0. The number of hydrogen-bond acceptors (Lipinski definition) is 11.